The van der Waals surface area contributed by atoms with Gasteiger partial charge in [0.05, 0.1) is 5.56 Å². The highest BCUT2D eigenvalue weighted by Crippen LogP contribution is 2.25. The number of hydrogen-bond donors (Lipinski definition) is 0. The second kappa shape index (κ2) is 16.2. The summed E-state index contributed by atoms with van der Waals surface area (Å²) >= 11 is 0. The largest absolute Gasteiger partial charge is 0.427 e. The van der Waals surface area contributed by atoms with E-state index in [4.69, 9.17) is 14.2 Å². The van der Waals surface area contributed by atoms with Crippen LogP contribution in [0.1, 0.15) is 88.9 Å². The van der Waals surface area contributed by atoms with Crippen molar-refractivity contribution < 1.29 is 28.6 Å². The summed E-state index contributed by atoms with van der Waals surface area (Å²) in [5, 5.41) is 0. The van der Waals surface area contributed by atoms with E-state index in [1.54, 1.807) is 48.5 Å². The van der Waals surface area contributed by atoms with Crippen molar-refractivity contribution in [2.75, 3.05) is 0 Å². The summed E-state index contributed by atoms with van der Waals surface area (Å²) in [5.41, 5.74) is 2.27. The molecule has 0 amide bonds. The third-order valence-electron chi connectivity index (χ3n) is 6.75. The van der Waals surface area contributed by atoms with Crippen LogP contribution >= 0.6 is 0 Å². The highest BCUT2D eigenvalue weighted by Gasteiger charge is 2.12. The Morgan fingerprint density at radius 2 is 1.07 bits per heavy atom. The molecule has 3 aromatic carbocycles. The molecule has 0 heterocycles. The molecule has 0 N–H and O–H groups in total. The van der Waals surface area contributed by atoms with E-state index in [0.29, 0.717) is 35.7 Å². The number of ether oxygens (including phenoxy) is 3. The van der Waals surface area contributed by atoms with E-state index in [9.17, 15) is 14.4 Å². The van der Waals surface area contributed by atoms with Crippen LogP contribution in [0, 0.1) is 5.92 Å². The molecule has 3 aromatic rings. The SMILES string of the molecule is CCCCCCCCC(=O)Oc1ccc(-c2ccc(C(=O)Oc3ccc(OC(=O)C[C@@H](C)CC)cc3)cc2)cc1. The van der Waals surface area contributed by atoms with Crippen molar-refractivity contribution in [1.82, 2.24) is 0 Å². The molecular weight excluding hydrogens is 504 g/mol. The van der Waals surface area contributed by atoms with E-state index < -0.39 is 5.97 Å². The second-order valence-corrected chi connectivity index (χ2v) is 10.1. The smallest absolute Gasteiger partial charge is 0.343 e. The first-order valence-corrected chi connectivity index (χ1v) is 14.3. The Morgan fingerprint density at radius 1 is 0.600 bits per heavy atom. The van der Waals surface area contributed by atoms with E-state index in [1.165, 1.54) is 19.3 Å². The third-order valence-corrected chi connectivity index (χ3v) is 6.75. The van der Waals surface area contributed by atoms with Crippen molar-refractivity contribution in [3.63, 3.8) is 0 Å². The second-order valence-electron chi connectivity index (χ2n) is 10.1. The molecule has 0 aliphatic carbocycles. The number of carbonyl (C=O) groups is 3. The van der Waals surface area contributed by atoms with Gasteiger partial charge in [-0.15, -0.1) is 0 Å². The van der Waals surface area contributed by atoms with Crippen molar-refractivity contribution in [3.05, 3.63) is 78.4 Å². The van der Waals surface area contributed by atoms with E-state index in [0.717, 1.165) is 36.8 Å². The van der Waals surface area contributed by atoms with E-state index in [-0.39, 0.29) is 17.9 Å². The Kier molecular flexibility index (Phi) is 12.4. The molecule has 0 bridgehead atoms. The number of benzene rings is 3. The van der Waals surface area contributed by atoms with E-state index in [2.05, 4.69) is 6.92 Å². The number of carbonyl (C=O) groups excluding carboxylic acids is 3. The lowest BCUT2D eigenvalue weighted by atomic mass is 10.0. The maximum absolute atomic E-state index is 12.6. The molecule has 0 saturated carbocycles. The van der Waals surface area contributed by atoms with Crippen LogP contribution in [-0.2, 0) is 9.59 Å². The van der Waals surface area contributed by atoms with Crippen LogP contribution in [0.5, 0.6) is 17.2 Å². The van der Waals surface area contributed by atoms with Gasteiger partial charge in [-0.1, -0.05) is 83.6 Å². The lowest BCUT2D eigenvalue weighted by molar-refractivity contribution is -0.136. The quantitative estimate of drug-likeness (QED) is 0.108. The molecular formula is C34H40O6. The monoisotopic (exact) mass is 544 g/mol. The fourth-order valence-corrected chi connectivity index (χ4v) is 4.09. The molecule has 40 heavy (non-hydrogen) atoms. The standard InChI is InChI=1S/C34H40O6/c1-4-6-7-8-9-10-11-32(35)38-29-18-16-27(17-19-29)26-12-14-28(15-13-26)34(37)40-31-22-20-30(21-23-31)39-33(36)24-25(3)5-2/h12-23,25H,4-11,24H2,1-3H3/t25-/m0/s1. The van der Waals surface area contributed by atoms with Crippen LogP contribution in [-0.4, -0.2) is 17.9 Å². The Balaban J connectivity index is 1.47. The molecule has 0 spiro atoms. The van der Waals surface area contributed by atoms with Crippen molar-refractivity contribution in [1.29, 1.82) is 0 Å². The highest BCUT2D eigenvalue weighted by atomic mass is 16.5. The summed E-state index contributed by atoms with van der Waals surface area (Å²) in [6, 6.07) is 20.8. The van der Waals surface area contributed by atoms with Gasteiger partial charge in [-0.25, -0.2) is 4.79 Å². The van der Waals surface area contributed by atoms with E-state index >= 15 is 0 Å². The van der Waals surface area contributed by atoms with Crippen LogP contribution in [0.2, 0.25) is 0 Å². The van der Waals surface area contributed by atoms with Gasteiger partial charge in [0.15, 0.2) is 0 Å². The average Bonchev–Trinajstić information content (AvgIpc) is 2.96. The van der Waals surface area contributed by atoms with Gasteiger partial charge < -0.3 is 14.2 Å². The predicted octanol–water partition coefficient (Wildman–Crippen LogP) is 8.57. The Morgan fingerprint density at radius 3 is 1.65 bits per heavy atom. The molecule has 3 rings (SSSR count). The third kappa shape index (κ3) is 10.3. The lowest BCUT2D eigenvalue weighted by Crippen LogP contribution is -2.12. The molecule has 212 valence electrons. The molecule has 0 aliphatic heterocycles. The van der Waals surface area contributed by atoms with Gasteiger partial charge in [0, 0.05) is 12.8 Å². The van der Waals surface area contributed by atoms with Gasteiger partial charge in [0.1, 0.15) is 17.2 Å². The minimum absolute atomic E-state index is 0.205. The fraction of sp³-hybridized carbons (Fsp3) is 0.382. The first-order chi connectivity index (χ1) is 19.4. The minimum atomic E-state index is -0.485. The molecule has 6 nitrogen and oxygen atoms in total. The normalized spacial score (nSPS) is 11.5. The predicted molar refractivity (Wildman–Crippen MR) is 157 cm³/mol. The summed E-state index contributed by atoms with van der Waals surface area (Å²) in [6.07, 6.45) is 8.46. The van der Waals surface area contributed by atoms with Gasteiger partial charge in [-0.2, -0.15) is 0 Å². The Bertz CT molecular complexity index is 1210. The molecule has 0 unspecified atom stereocenters. The summed E-state index contributed by atoms with van der Waals surface area (Å²) in [7, 11) is 0. The topological polar surface area (TPSA) is 78.9 Å². The van der Waals surface area contributed by atoms with Gasteiger partial charge in [-0.05, 0) is 72.0 Å². The zero-order valence-electron chi connectivity index (χ0n) is 23.8. The van der Waals surface area contributed by atoms with Crippen LogP contribution in [0.15, 0.2) is 72.8 Å². The first-order valence-electron chi connectivity index (χ1n) is 14.3. The first kappa shape index (κ1) is 30.6. The molecule has 0 radical (unpaired) electrons. The highest BCUT2D eigenvalue weighted by molar-refractivity contribution is 5.91. The Hall–Kier alpha value is -3.93. The molecule has 0 saturated heterocycles. The van der Waals surface area contributed by atoms with Gasteiger partial charge in [0.2, 0.25) is 0 Å². The summed E-state index contributed by atoms with van der Waals surface area (Å²) < 4.78 is 16.3. The number of esters is 3. The molecule has 0 aliphatic rings. The van der Waals surface area contributed by atoms with Crippen molar-refractivity contribution in [3.8, 4) is 28.4 Å². The lowest BCUT2D eigenvalue weighted by Gasteiger charge is -2.09. The zero-order valence-corrected chi connectivity index (χ0v) is 23.8. The van der Waals surface area contributed by atoms with Crippen LogP contribution < -0.4 is 14.2 Å². The fourth-order valence-electron chi connectivity index (χ4n) is 4.09. The summed E-state index contributed by atoms with van der Waals surface area (Å²) in [4.78, 5) is 36.7. The van der Waals surface area contributed by atoms with Crippen LogP contribution in [0.25, 0.3) is 11.1 Å². The molecule has 6 heteroatoms. The number of unbranched alkanes of at least 4 members (excludes halogenated alkanes) is 5. The zero-order chi connectivity index (χ0) is 28.7. The number of rotatable bonds is 15. The van der Waals surface area contributed by atoms with Crippen molar-refractivity contribution >= 4 is 17.9 Å². The summed E-state index contributed by atoms with van der Waals surface area (Å²) in [6.45, 7) is 6.22. The van der Waals surface area contributed by atoms with Crippen LogP contribution in [0.3, 0.4) is 0 Å². The summed E-state index contributed by atoms with van der Waals surface area (Å²) in [5.74, 6) is 0.592. The maximum Gasteiger partial charge on any atom is 0.343 e. The van der Waals surface area contributed by atoms with E-state index in [1.807, 2.05) is 38.1 Å². The molecule has 1 atom stereocenters. The van der Waals surface area contributed by atoms with Gasteiger partial charge in [0.25, 0.3) is 0 Å². The van der Waals surface area contributed by atoms with Crippen molar-refractivity contribution in [2.24, 2.45) is 5.92 Å². The molecule has 0 fully saturated rings. The minimum Gasteiger partial charge on any atom is -0.427 e. The van der Waals surface area contributed by atoms with Gasteiger partial charge in [-0.3, -0.25) is 9.59 Å². The Labute approximate surface area is 237 Å². The number of hydrogen-bond acceptors (Lipinski definition) is 6. The van der Waals surface area contributed by atoms with Crippen molar-refractivity contribution in [2.45, 2.75) is 78.6 Å². The average molecular weight is 545 g/mol. The van der Waals surface area contributed by atoms with Gasteiger partial charge >= 0.3 is 17.9 Å². The maximum atomic E-state index is 12.6. The molecule has 0 aromatic heterocycles. The van der Waals surface area contributed by atoms with Crippen LogP contribution in [0.4, 0.5) is 0 Å².